The molecule has 3 rings (SSSR count). The van der Waals surface area contributed by atoms with E-state index in [9.17, 15) is 0 Å². The van der Waals surface area contributed by atoms with Gasteiger partial charge in [0.15, 0.2) is 11.5 Å². The van der Waals surface area contributed by atoms with Gasteiger partial charge in [-0.05, 0) is 60.5 Å². The van der Waals surface area contributed by atoms with Crippen LogP contribution in [0.3, 0.4) is 0 Å². The Morgan fingerprint density at radius 1 is 0.815 bits per heavy atom. The Morgan fingerprint density at radius 2 is 1.56 bits per heavy atom. The molecule has 0 radical (unpaired) electrons. The summed E-state index contributed by atoms with van der Waals surface area (Å²) in [6.45, 7) is 3.47. The highest BCUT2D eigenvalue weighted by molar-refractivity contribution is 5.49. The van der Waals surface area contributed by atoms with Crippen LogP contribution in [0, 0.1) is 0 Å². The summed E-state index contributed by atoms with van der Waals surface area (Å²) in [7, 11) is 1.66. The Hall–Kier alpha value is -3.14. The average Bonchev–Trinajstić information content (AvgIpc) is 2.72. The van der Waals surface area contributed by atoms with Crippen molar-refractivity contribution in [2.45, 2.75) is 19.9 Å². The van der Waals surface area contributed by atoms with Crippen molar-refractivity contribution in [1.29, 1.82) is 0 Å². The summed E-state index contributed by atoms with van der Waals surface area (Å²) >= 11 is 0. The molecule has 1 N–H and O–H groups in total. The lowest BCUT2D eigenvalue weighted by atomic mass is 10.2. The third-order valence-corrected chi connectivity index (χ3v) is 4.02. The minimum atomic E-state index is 0.686. The van der Waals surface area contributed by atoms with E-state index in [1.807, 2.05) is 72.8 Å². The molecule has 0 aromatic heterocycles. The molecule has 0 atom stereocenters. The molecule has 3 aromatic carbocycles. The van der Waals surface area contributed by atoms with Crippen LogP contribution >= 0.6 is 0 Å². The van der Waals surface area contributed by atoms with Gasteiger partial charge in [-0.15, -0.1) is 0 Å². The molecule has 0 aliphatic heterocycles. The molecule has 0 spiro atoms. The Labute approximate surface area is 160 Å². The van der Waals surface area contributed by atoms with Crippen molar-refractivity contribution < 1.29 is 14.2 Å². The molecule has 4 heteroatoms. The topological polar surface area (TPSA) is 39.7 Å². The van der Waals surface area contributed by atoms with Crippen LogP contribution < -0.4 is 19.5 Å². The molecule has 0 saturated carbocycles. The Bertz CT molecular complexity index is 832. The number of hydrogen-bond donors (Lipinski definition) is 1. The monoisotopic (exact) mass is 363 g/mol. The molecule has 27 heavy (non-hydrogen) atoms. The van der Waals surface area contributed by atoms with Gasteiger partial charge in [-0.3, -0.25) is 0 Å². The molecule has 0 aliphatic rings. The molecule has 4 nitrogen and oxygen atoms in total. The molecule has 0 unspecified atom stereocenters. The minimum absolute atomic E-state index is 0.686. The van der Waals surface area contributed by atoms with Crippen LogP contribution in [0.2, 0.25) is 0 Å². The van der Waals surface area contributed by atoms with Crippen LogP contribution in [-0.2, 0) is 6.54 Å². The van der Waals surface area contributed by atoms with Gasteiger partial charge in [0.25, 0.3) is 0 Å². The van der Waals surface area contributed by atoms with Crippen LogP contribution in [-0.4, -0.2) is 13.7 Å². The quantitative estimate of drug-likeness (QED) is 0.515. The maximum atomic E-state index is 5.81. The third kappa shape index (κ3) is 5.42. The summed E-state index contributed by atoms with van der Waals surface area (Å²) in [6, 6.07) is 23.7. The number of para-hydroxylation sites is 1. The number of nitrogens with one attached hydrogen (secondary N) is 1. The molecule has 0 aliphatic carbocycles. The average molecular weight is 363 g/mol. The molecule has 140 valence electrons. The summed E-state index contributed by atoms with van der Waals surface area (Å²) in [4.78, 5) is 0. The van der Waals surface area contributed by atoms with Crippen LogP contribution in [0.5, 0.6) is 23.0 Å². The molecule has 0 saturated heterocycles. The van der Waals surface area contributed by atoms with Crippen molar-refractivity contribution in [3.8, 4) is 23.0 Å². The normalized spacial score (nSPS) is 10.3. The van der Waals surface area contributed by atoms with Gasteiger partial charge in [-0.25, -0.2) is 0 Å². The Balaban J connectivity index is 1.58. The fourth-order valence-electron chi connectivity index (χ4n) is 2.62. The molecule has 0 amide bonds. The Morgan fingerprint density at radius 3 is 2.26 bits per heavy atom. The van der Waals surface area contributed by atoms with E-state index in [1.165, 1.54) is 0 Å². The predicted molar refractivity (Wildman–Crippen MR) is 109 cm³/mol. The number of benzene rings is 3. The highest BCUT2D eigenvalue weighted by Gasteiger charge is 2.06. The maximum absolute atomic E-state index is 5.81. The SMILES string of the molecule is CCCOc1ccc(CNc2ccc(Oc3ccccc3)cc2)cc1OC. The number of ether oxygens (including phenoxy) is 3. The van der Waals surface area contributed by atoms with Gasteiger partial charge < -0.3 is 19.5 Å². The predicted octanol–water partition coefficient (Wildman–Crippen LogP) is 5.89. The van der Waals surface area contributed by atoms with Gasteiger partial charge in [-0.1, -0.05) is 31.2 Å². The molecular weight excluding hydrogens is 338 g/mol. The smallest absolute Gasteiger partial charge is 0.161 e. The lowest BCUT2D eigenvalue weighted by molar-refractivity contribution is 0.294. The largest absolute Gasteiger partial charge is 0.493 e. The summed E-state index contributed by atoms with van der Waals surface area (Å²) in [5.74, 6) is 3.18. The van der Waals surface area contributed by atoms with E-state index in [-0.39, 0.29) is 0 Å². The van der Waals surface area contributed by atoms with Gasteiger partial charge >= 0.3 is 0 Å². The van der Waals surface area contributed by atoms with E-state index in [0.717, 1.165) is 40.7 Å². The summed E-state index contributed by atoms with van der Waals surface area (Å²) in [5.41, 5.74) is 2.15. The van der Waals surface area contributed by atoms with Crippen molar-refractivity contribution in [1.82, 2.24) is 0 Å². The van der Waals surface area contributed by atoms with E-state index >= 15 is 0 Å². The fourth-order valence-corrected chi connectivity index (χ4v) is 2.62. The third-order valence-electron chi connectivity index (χ3n) is 4.02. The van der Waals surface area contributed by atoms with Gasteiger partial charge in [0.1, 0.15) is 11.5 Å². The standard InChI is InChI=1S/C23H25NO3/c1-3-15-26-22-14-9-18(16-23(22)25-2)17-24-19-10-12-21(13-11-19)27-20-7-5-4-6-8-20/h4-14,16,24H,3,15,17H2,1-2H3. The lowest BCUT2D eigenvalue weighted by Gasteiger charge is -2.13. The number of hydrogen-bond acceptors (Lipinski definition) is 4. The van der Waals surface area contributed by atoms with E-state index in [4.69, 9.17) is 14.2 Å². The van der Waals surface area contributed by atoms with Crippen LogP contribution in [0.25, 0.3) is 0 Å². The number of methoxy groups -OCH3 is 1. The van der Waals surface area contributed by atoms with Crippen molar-refractivity contribution >= 4 is 5.69 Å². The summed E-state index contributed by atoms with van der Waals surface area (Å²) < 4.78 is 16.9. The second kappa shape index (κ2) is 9.53. The highest BCUT2D eigenvalue weighted by Crippen LogP contribution is 2.29. The maximum Gasteiger partial charge on any atom is 0.161 e. The summed E-state index contributed by atoms with van der Waals surface area (Å²) in [5, 5.41) is 3.41. The Kier molecular flexibility index (Phi) is 6.58. The van der Waals surface area contributed by atoms with Gasteiger partial charge in [0.05, 0.1) is 13.7 Å². The second-order valence-electron chi connectivity index (χ2n) is 6.13. The molecule has 3 aromatic rings. The van der Waals surface area contributed by atoms with E-state index < -0.39 is 0 Å². The fraction of sp³-hybridized carbons (Fsp3) is 0.217. The van der Waals surface area contributed by atoms with Crippen LogP contribution in [0.15, 0.2) is 72.8 Å². The second-order valence-corrected chi connectivity index (χ2v) is 6.13. The van der Waals surface area contributed by atoms with Crippen molar-refractivity contribution in [2.24, 2.45) is 0 Å². The van der Waals surface area contributed by atoms with Gasteiger partial charge in [-0.2, -0.15) is 0 Å². The molecular formula is C23H25NO3. The molecule has 0 fully saturated rings. The minimum Gasteiger partial charge on any atom is -0.493 e. The zero-order valence-corrected chi connectivity index (χ0v) is 15.8. The first-order valence-corrected chi connectivity index (χ1v) is 9.15. The van der Waals surface area contributed by atoms with E-state index in [0.29, 0.717) is 13.2 Å². The van der Waals surface area contributed by atoms with Crippen LogP contribution in [0.1, 0.15) is 18.9 Å². The van der Waals surface area contributed by atoms with Crippen molar-refractivity contribution in [3.05, 3.63) is 78.4 Å². The number of rotatable bonds is 9. The first-order valence-electron chi connectivity index (χ1n) is 9.15. The first-order chi connectivity index (χ1) is 13.3. The van der Waals surface area contributed by atoms with Crippen molar-refractivity contribution in [3.63, 3.8) is 0 Å². The van der Waals surface area contributed by atoms with Crippen molar-refractivity contribution in [2.75, 3.05) is 19.0 Å². The van der Waals surface area contributed by atoms with Gasteiger partial charge in [0, 0.05) is 12.2 Å². The van der Waals surface area contributed by atoms with Crippen LogP contribution in [0.4, 0.5) is 5.69 Å². The lowest BCUT2D eigenvalue weighted by Crippen LogP contribution is -2.02. The highest BCUT2D eigenvalue weighted by atomic mass is 16.5. The number of anilines is 1. The van der Waals surface area contributed by atoms with E-state index in [1.54, 1.807) is 7.11 Å². The van der Waals surface area contributed by atoms with E-state index in [2.05, 4.69) is 12.2 Å². The zero-order valence-electron chi connectivity index (χ0n) is 15.8. The zero-order chi connectivity index (χ0) is 18.9. The first kappa shape index (κ1) is 18.6. The molecule has 0 heterocycles. The molecule has 0 bridgehead atoms. The van der Waals surface area contributed by atoms with Gasteiger partial charge in [0.2, 0.25) is 0 Å². The summed E-state index contributed by atoms with van der Waals surface area (Å²) in [6.07, 6.45) is 0.969.